The van der Waals surface area contributed by atoms with Crippen molar-refractivity contribution in [3.63, 3.8) is 0 Å². The van der Waals surface area contributed by atoms with Crippen molar-refractivity contribution in [3.05, 3.63) is 33.8 Å². The molecule has 1 rings (SSSR count). The molecule has 1 aromatic carbocycles. The topological polar surface area (TPSA) is 92.4 Å². The molecule has 20 heavy (non-hydrogen) atoms. The lowest BCUT2D eigenvalue weighted by Crippen LogP contribution is -2.40. The van der Waals surface area contributed by atoms with Crippen LogP contribution in [-0.2, 0) is 11.0 Å². The van der Waals surface area contributed by atoms with E-state index in [0.29, 0.717) is 0 Å². The molecule has 0 bridgehead atoms. The summed E-state index contributed by atoms with van der Waals surface area (Å²) in [5.74, 6) is -2.15. The second-order valence-electron chi connectivity index (χ2n) is 3.82. The van der Waals surface area contributed by atoms with Gasteiger partial charge in [-0.15, -0.1) is 0 Å². The number of benzene rings is 1. The Morgan fingerprint density at radius 2 is 2.00 bits per heavy atom. The molecule has 0 radical (unpaired) electrons. The number of halogens is 4. The van der Waals surface area contributed by atoms with E-state index < -0.39 is 41.8 Å². The molecule has 9 heteroatoms. The highest BCUT2D eigenvalue weighted by Crippen LogP contribution is 2.33. The zero-order chi connectivity index (χ0) is 15.5. The molecule has 2 amide bonds. The van der Waals surface area contributed by atoms with Gasteiger partial charge >= 0.3 is 6.18 Å². The van der Waals surface area contributed by atoms with Crippen molar-refractivity contribution in [2.75, 3.05) is 6.54 Å². The fourth-order valence-corrected chi connectivity index (χ4v) is 1.70. The number of alkyl halides is 3. The van der Waals surface area contributed by atoms with E-state index in [-0.39, 0.29) is 4.47 Å². The van der Waals surface area contributed by atoms with E-state index in [0.717, 1.165) is 12.1 Å². The third-order valence-electron chi connectivity index (χ3n) is 2.32. The maximum Gasteiger partial charge on any atom is 0.417 e. The van der Waals surface area contributed by atoms with Crippen molar-refractivity contribution in [2.45, 2.75) is 12.3 Å². The Kier molecular flexibility index (Phi) is 5.12. The highest BCUT2D eigenvalue weighted by molar-refractivity contribution is 9.10. The number of rotatable bonds is 4. The van der Waals surface area contributed by atoms with Gasteiger partial charge in [-0.3, -0.25) is 9.59 Å². The molecule has 0 aromatic heterocycles. The fourth-order valence-electron chi connectivity index (χ4n) is 1.33. The van der Waals surface area contributed by atoms with E-state index in [2.05, 4.69) is 15.9 Å². The lowest BCUT2D eigenvalue weighted by atomic mass is 10.1. The van der Waals surface area contributed by atoms with Crippen LogP contribution in [0.4, 0.5) is 13.2 Å². The number of aliphatic hydroxyl groups is 1. The summed E-state index contributed by atoms with van der Waals surface area (Å²) < 4.78 is 38.5. The number of carbonyl (C=O) groups is 2. The van der Waals surface area contributed by atoms with Crippen LogP contribution in [0.3, 0.4) is 0 Å². The van der Waals surface area contributed by atoms with Crippen LogP contribution in [0.15, 0.2) is 22.7 Å². The Morgan fingerprint density at radius 1 is 1.40 bits per heavy atom. The van der Waals surface area contributed by atoms with Gasteiger partial charge in [0.15, 0.2) is 0 Å². The van der Waals surface area contributed by atoms with Crippen molar-refractivity contribution in [1.29, 1.82) is 0 Å². The molecule has 0 saturated heterocycles. The Balaban J connectivity index is 2.96. The third kappa shape index (κ3) is 4.20. The van der Waals surface area contributed by atoms with Gasteiger partial charge in [-0.2, -0.15) is 13.2 Å². The van der Waals surface area contributed by atoms with E-state index in [1.807, 2.05) is 5.32 Å². The van der Waals surface area contributed by atoms with Gasteiger partial charge < -0.3 is 16.2 Å². The van der Waals surface area contributed by atoms with Crippen molar-refractivity contribution in [1.82, 2.24) is 5.32 Å². The number of carbonyl (C=O) groups excluding carboxylic acids is 2. The molecule has 5 nitrogen and oxygen atoms in total. The minimum absolute atomic E-state index is 0.165. The van der Waals surface area contributed by atoms with Gasteiger partial charge in [-0.25, -0.2) is 0 Å². The summed E-state index contributed by atoms with van der Waals surface area (Å²) in [6, 6.07) is 3.02. The first-order valence-corrected chi connectivity index (χ1v) is 6.04. The Labute approximate surface area is 120 Å². The molecule has 0 fully saturated rings. The smallest absolute Gasteiger partial charge is 0.381 e. The predicted octanol–water partition coefficient (Wildman–Crippen LogP) is 1.04. The van der Waals surface area contributed by atoms with E-state index in [9.17, 15) is 22.8 Å². The first kappa shape index (κ1) is 16.4. The quantitative estimate of drug-likeness (QED) is 0.754. The second-order valence-corrected chi connectivity index (χ2v) is 4.73. The highest BCUT2D eigenvalue weighted by Gasteiger charge is 2.35. The molecule has 0 spiro atoms. The zero-order valence-corrected chi connectivity index (χ0v) is 11.5. The van der Waals surface area contributed by atoms with Crippen molar-refractivity contribution < 1.29 is 27.9 Å². The summed E-state index contributed by atoms with van der Waals surface area (Å²) in [6.45, 7) is -0.568. The minimum atomic E-state index is -4.71. The molecule has 1 unspecified atom stereocenters. The number of nitrogens with two attached hydrogens (primary N) is 1. The average molecular weight is 355 g/mol. The maximum absolute atomic E-state index is 12.8. The molecule has 0 saturated carbocycles. The third-order valence-corrected chi connectivity index (χ3v) is 2.81. The summed E-state index contributed by atoms with van der Waals surface area (Å²) in [5.41, 5.74) is 3.01. The molecule has 0 aliphatic carbocycles. The molecular weight excluding hydrogens is 345 g/mol. The van der Waals surface area contributed by atoms with Gasteiger partial charge in [0, 0.05) is 4.47 Å². The minimum Gasteiger partial charge on any atom is -0.381 e. The van der Waals surface area contributed by atoms with Gasteiger partial charge in [0.2, 0.25) is 5.91 Å². The van der Waals surface area contributed by atoms with Crippen LogP contribution >= 0.6 is 15.9 Å². The number of nitrogens with one attached hydrogen (secondary N) is 1. The summed E-state index contributed by atoms with van der Waals surface area (Å²) >= 11 is 2.89. The highest BCUT2D eigenvalue weighted by atomic mass is 79.9. The van der Waals surface area contributed by atoms with E-state index >= 15 is 0 Å². The molecule has 4 N–H and O–H groups in total. The van der Waals surface area contributed by atoms with Crippen LogP contribution in [0.1, 0.15) is 15.9 Å². The standard InChI is InChI=1S/C11H10BrF3N2O3/c12-5-1-2-6(7(3-5)11(13,14)15)10(20)17-4-8(18)9(16)19/h1-3,8,18H,4H2,(H2,16,19)(H,17,20). The lowest BCUT2D eigenvalue weighted by Gasteiger charge is -2.14. The number of amides is 2. The Hall–Kier alpha value is -1.61. The van der Waals surface area contributed by atoms with E-state index in [1.165, 1.54) is 6.07 Å². The number of hydrogen-bond donors (Lipinski definition) is 3. The first-order chi connectivity index (χ1) is 9.12. The number of aliphatic hydroxyl groups excluding tert-OH is 1. The van der Waals surface area contributed by atoms with E-state index in [1.54, 1.807) is 0 Å². The second kappa shape index (κ2) is 6.23. The summed E-state index contributed by atoms with van der Waals surface area (Å²) in [6.07, 6.45) is -6.37. The number of hydrogen-bond acceptors (Lipinski definition) is 3. The van der Waals surface area contributed by atoms with Crippen molar-refractivity contribution in [2.24, 2.45) is 5.73 Å². The van der Waals surface area contributed by atoms with Gasteiger partial charge in [0.25, 0.3) is 5.91 Å². The molecule has 1 aromatic rings. The number of primary amides is 1. The summed E-state index contributed by atoms with van der Waals surface area (Å²) in [5, 5.41) is 11.1. The van der Waals surface area contributed by atoms with Crippen LogP contribution in [0.5, 0.6) is 0 Å². The average Bonchev–Trinajstić information content (AvgIpc) is 2.34. The lowest BCUT2D eigenvalue weighted by molar-refractivity contribution is -0.138. The van der Waals surface area contributed by atoms with Crippen LogP contribution in [0.2, 0.25) is 0 Å². The predicted molar refractivity (Wildman–Crippen MR) is 66.7 cm³/mol. The maximum atomic E-state index is 12.8. The normalized spacial score (nSPS) is 12.8. The van der Waals surface area contributed by atoms with Crippen LogP contribution in [0.25, 0.3) is 0 Å². The van der Waals surface area contributed by atoms with Gasteiger partial charge in [0.05, 0.1) is 17.7 Å². The first-order valence-electron chi connectivity index (χ1n) is 5.25. The van der Waals surface area contributed by atoms with E-state index in [4.69, 9.17) is 10.8 Å². The van der Waals surface area contributed by atoms with Gasteiger partial charge in [0.1, 0.15) is 6.10 Å². The Bertz CT molecular complexity index is 534. The molecule has 110 valence electrons. The molecular formula is C11H10BrF3N2O3. The molecule has 0 heterocycles. The zero-order valence-electron chi connectivity index (χ0n) is 9.87. The van der Waals surface area contributed by atoms with Crippen molar-refractivity contribution >= 4 is 27.7 Å². The molecule has 0 aliphatic rings. The molecule has 1 atom stereocenters. The van der Waals surface area contributed by atoms with Crippen molar-refractivity contribution in [3.8, 4) is 0 Å². The van der Waals surface area contributed by atoms with Crippen LogP contribution in [0, 0.1) is 0 Å². The van der Waals surface area contributed by atoms with Crippen LogP contribution < -0.4 is 11.1 Å². The van der Waals surface area contributed by atoms with Crippen LogP contribution in [-0.4, -0.2) is 29.6 Å². The SMILES string of the molecule is NC(=O)C(O)CNC(=O)c1ccc(Br)cc1C(F)(F)F. The van der Waals surface area contributed by atoms with Gasteiger partial charge in [-0.1, -0.05) is 15.9 Å². The van der Waals surface area contributed by atoms with Gasteiger partial charge in [-0.05, 0) is 18.2 Å². The fraction of sp³-hybridized carbons (Fsp3) is 0.273. The monoisotopic (exact) mass is 354 g/mol. The summed E-state index contributed by atoms with van der Waals surface area (Å²) in [4.78, 5) is 22.2. The molecule has 0 aliphatic heterocycles. The Morgan fingerprint density at radius 3 is 2.50 bits per heavy atom. The summed E-state index contributed by atoms with van der Waals surface area (Å²) in [7, 11) is 0. The largest absolute Gasteiger partial charge is 0.417 e.